The molecule has 0 unspecified atom stereocenters. The van der Waals surface area contributed by atoms with Crippen molar-refractivity contribution in [3.63, 3.8) is 0 Å². The van der Waals surface area contributed by atoms with Crippen LogP contribution in [0.25, 0.3) is 11.1 Å². The number of aromatic nitrogens is 3. The molecule has 1 N–H and O–H groups in total. The number of rotatable bonds is 8. The van der Waals surface area contributed by atoms with Crippen LogP contribution in [0.15, 0.2) is 55.8 Å². The van der Waals surface area contributed by atoms with E-state index in [1.165, 1.54) is 0 Å². The van der Waals surface area contributed by atoms with E-state index in [1.54, 1.807) is 29.4 Å². The highest BCUT2D eigenvalue weighted by Crippen LogP contribution is 2.26. The van der Waals surface area contributed by atoms with Gasteiger partial charge in [-0.05, 0) is 30.7 Å². The summed E-state index contributed by atoms with van der Waals surface area (Å²) < 4.78 is 12.0. The van der Waals surface area contributed by atoms with E-state index in [4.69, 9.17) is 8.83 Å². The van der Waals surface area contributed by atoms with Gasteiger partial charge in [0, 0.05) is 12.2 Å². The molecule has 0 saturated heterocycles. The van der Waals surface area contributed by atoms with Crippen LogP contribution >= 0.6 is 23.1 Å². The van der Waals surface area contributed by atoms with Crippen LogP contribution in [0, 0.1) is 0 Å². The van der Waals surface area contributed by atoms with Gasteiger partial charge in [0.05, 0.1) is 12.8 Å². The lowest BCUT2D eigenvalue weighted by Crippen LogP contribution is -1.96. The van der Waals surface area contributed by atoms with Crippen molar-refractivity contribution in [1.82, 2.24) is 15.2 Å². The van der Waals surface area contributed by atoms with Gasteiger partial charge in [0.2, 0.25) is 5.13 Å². The molecule has 3 heterocycles. The van der Waals surface area contributed by atoms with Gasteiger partial charge in [-0.1, -0.05) is 35.2 Å². The second-order valence-electron chi connectivity index (χ2n) is 5.33. The Morgan fingerprint density at radius 1 is 1.12 bits per heavy atom. The zero-order chi connectivity index (χ0) is 16.9. The maximum atomic E-state index is 5.73. The lowest BCUT2D eigenvalue weighted by Gasteiger charge is -1.97. The Bertz CT molecular complexity index is 900. The molecule has 4 rings (SSSR count). The van der Waals surface area contributed by atoms with Crippen molar-refractivity contribution < 1.29 is 8.83 Å². The minimum atomic E-state index is 0.615. The summed E-state index contributed by atoms with van der Waals surface area (Å²) in [4.78, 5) is 4.49. The van der Waals surface area contributed by atoms with Crippen LogP contribution in [-0.4, -0.2) is 20.9 Å². The molecular formula is C17H16N4O2S2. The van der Waals surface area contributed by atoms with E-state index in [1.807, 2.05) is 36.4 Å². The van der Waals surface area contributed by atoms with E-state index in [-0.39, 0.29) is 0 Å². The van der Waals surface area contributed by atoms with Crippen molar-refractivity contribution >= 4 is 39.3 Å². The van der Waals surface area contributed by atoms with Gasteiger partial charge in [0.1, 0.15) is 11.3 Å². The van der Waals surface area contributed by atoms with E-state index < -0.39 is 0 Å². The number of nitrogens with zero attached hydrogens (tertiary/aromatic N) is 3. The number of para-hydroxylation sites is 2. The maximum Gasteiger partial charge on any atom is 0.206 e. The summed E-state index contributed by atoms with van der Waals surface area (Å²) in [6.07, 6.45) is 3.46. The quantitative estimate of drug-likeness (QED) is 0.357. The maximum absolute atomic E-state index is 5.73. The van der Waals surface area contributed by atoms with E-state index >= 15 is 0 Å². The highest BCUT2D eigenvalue weighted by molar-refractivity contribution is 8.01. The van der Waals surface area contributed by atoms with Crippen molar-refractivity contribution in [2.75, 3.05) is 11.1 Å². The first-order valence-electron chi connectivity index (χ1n) is 7.94. The second-order valence-corrected chi connectivity index (χ2v) is 7.65. The third-order valence-corrected chi connectivity index (χ3v) is 5.60. The van der Waals surface area contributed by atoms with Crippen molar-refractivity contribution in [3.05, 3.63) is 54.3 Å². The van der Waals surface area contributed by atoms with Crippen molar-refractivity contribution in [2.24, 2.45) is 0 Å². The van der Waals surface area contributed by atoms with Gasteiger partial charge in [-0.2, -0.15) is 0 Å². The average Bonchev–Trinajstić information content (AvgIpc) is 3.37. The van der Waals surface area contributed by atoms with Gasteiger partial charge >= 0.3 is 0 Å². The van der Waals surface area contributed by atoms with Crippen LogP contribution < -0.4 is 5.32 Å². The summed E-state index contributed by atoms with van der Waals surface area (Å²) in [5, 5.41) is 12.4. The molecule has 0 bridgehead atoms. The van der Waals surface area contributed by atoms with Crippen LogP contribution in [0.2, 0.25) is 0 Å². The molecule has 8 heteroatoms. The SMILES string of the molecule is c1coc(CNc2nnc(SCCCc3nc4ccccc4o3)s2)c1. The molecule has 0 aliphatic carbocycles. The lowest BCUT2D eigenvalue weighted by molar-refractivity contribution is 0.518. The molecule has 4 aromatic rings. The molecule has 0 saturated carbocycles. The Hall–Kier alpha value is -2.32. The fraction of sp³-hybridized carbons (Fsp3) is 0.235. The molecular weight excluding hydrogens is 356 g/mol. The molecule has 0 amide bonds. The number of fused-ring (bicyclic) bond motifs is 1. The Labute approximate surface area is 152 Å². The van der Waals surface area contributed by atoms with E-state index in [0.717, 1.165) is 50.8 Å². The summed E-state index contributed by atoms with van der Waals surface area (Å²) in [7, 11) is 0. The Morgan fingerprint density at radius 3 is 2.96 bits per heavy atom. The minimum Gasteiger partial charge on any atom is -0.467 e. The second kappa shape index (κ2) is 7.71. The first kappa shape index (κ1) is 16.2. The van der Waals surface area contributed by atoms with Crippen LogP contribution in [0.1, 0.15) is 18.1 Å². The monoisotopic (exact) mass is 372 g/mol. The van der Waals surface area contributed by atoms with Gasteiger partial charge in [0.25, 0.3) is 0 Å². The summed E-state index contributed by atoms with van der Waals surface area (Å²) >= 11 is 3.26. The standard InChI is InChI=1S/C17H16N4O2S2/c1-2-7-14-13(6-1)19-15(23-14)8-4-10-24-17-21-20-16(25-17)18-11-12-5-3-9-22-12/h1-3,5-7,9H,4,8,10-11H2,(H,18,20). The Balaban J connectivity index is 1.22. The van der Waals surface area contributed by atoms with Crippen LogP contribution in [0.3, 0.4) is 0 Å². The first-order chi connectivity index (χ1) is 12.4. The van der Waals surface area contributed by atoms with E-state index in [0.29, 0.717) is 6.54 Å². The molecule has 0 aliphatic heterocycles. The van der Waals surface area contributed by atoms with E-state index in [9.17, 15) is 0 Å². The van der Waals surface area contributed by atoms with Crippen molar-refractivity contribution in [3.8, 4) is 0 Å². The zero-order valence-electron chi connectivity index (χ0n) is 13.3. The number of oxazole rings is 1. The van der Waals surface area contributed by atoms with Crippen molar-refractivity contribution in [2.45, 2.75) is 23.7 Å². The topological polar surface area (TPSA) is 77.0 Å². The zero-order valence-corrected chi connectivity index (χ0v) is 15.0. The highest BCUT2D eigenvalue weighted by atomic mass is 32.2. The molecule has 3 aromatic heterocycles. The lowest BCUT2D eigenvalue weighted by atomic mass is 10.3. The normalized spacial score (nSPS) is 11.2. The van der Waals surface area contributed by atoms with E-state index in [2.05, 4.69) is 20.5 Å². The fourth-order valence-electron chi connectivity index (χ4n) is 2.33. The van der Waals surface area contributed by atoms with Crippen LogP contribution in [0.5, 0.6) is 0 Å². The first-order valence-corrected chi connectivity index (χ1v) is 9.74. The number of thioether (sulfide) groups is 1. The third kappa shape index (κ3) is 4.21. The summed E-state index contributed by atoms with van der Waals surface area (Å²) in [5.74, 6) is 2.62. The fourth-order valence-corrected chi connectivity index (χ4v) is 4.08. The molecule has 0 radical (unpaired) electrons. The van der Waals surface area contributed by atoms with Crippen LogP contribution in [0.4, 0.5) is 5.13 Å². The number of anilines is 1. The predicted molar refractivity (Wildman–Crippen MR) is 99.0 cm³/mol. The van der Waals surface area contributed by atoms with Crippen LogP contribution in [-0.2, 0) is 13.0 Å². The number of nitrogens with one attached hydrogen (secondary N) is 1. The van der Waals surface area contributed by atoms with Gasteiger partial charge in [-0.15, -0.1) is 10.2 Å². The Kier molecular flexibility index (Phi) is 4.98. The number of hydrogen-bond donors (Lipinski definition) is 1. The average molecular weight is 372 g/mol. The molecule has 25 heavy (non-hydrogen) atoms. The van der Waals surface area contributed by atoms with Gasteiger partial charge in [0.15, 0.2) is 15.8 Å². The number of aryl methyl sites for hydroxylation is 1. The number of hydrogen-bond acceptors (Lipinski definition) is 8. The summed E-state index contributed by atoms with van der Waals surface area (Å²) in [6.45, 7) is 0.615. The third-order valence-electron chi connectivity index (χ3n) is 3.50. The number of furan rings is 1. The number of benzene rings is 1. The molecule has 128 valence electrons. The molecule has 6 nitrogen and oxygen atoms in total. The predicted octanol–water partition coefficient (Wildman–Crippen LogP) is 4.61. The molecule has 0 spiro atoms. The van der Waals surface area contributed by atoms with Gasteiger partial charge in [-0.25, -0.2) is 4.98 Å². The molecule has 0 atom stereocenters. The molecule has 1 aromatic carbocycles. The van der Waals surface area contributed by atoms with Crippen molar-refractivity contribution in [1.29, 1.82) is 0 Å². The largest absolute Gasteiger partial charge is 0.467 e. The smallest absolute Gasteiger partial charge is 0.206 e. The molecule has 0 fully saturated rings. The summed E-state index contributed by atoms with van der Waals surface area (Å²) in [6, 6.07) is 11.6. The highest BCUT2D eigenvalue weighted by Gasteiger charge is 2.07. The van der Waals surface area contributed by atoms with Gasteiger partial charge < -0.3 is 14.2 Å². The molecule has 0 aliphatic rings. The van der Waals surface area contributed by atoms with Gasteiger partial charge in [-0.3, -0.25) is 0 Å². The Morgan fingerprint density at radius 2 is 2.08 bits per heavy atom. The minimum absolute atomic E-state index is 0.615. The summed E-state index contributed by atoms with van der Waals surface area (Å²) in [5.41, 5.74) is 1.77.